The first-order valence-electron chi connectivity index (χ1n) is 9.23. The third-order valence-electron chi connectivity index (χ3n) is 5.07. The van der Waals surface area contributed by atoms with Crippen LogP contribution in [-0.4, -0.2) is 72.3 Å². The highest BCUT2D eigenvalue weighted by molar-refractivity contribution is 5.95. The lowest BCUT2D eigenvalue weighted by atomic mass is 10.1. The lowest BCUT2D eigenvalue weighted by Gasteiger charge is -2.36. The smallest absolute Gasteiger partial charge is 0.450 e. The van der Waals surface area contributed by atoms with E-state index >= 15 is 0 Å². The number of aryl methyl sites for hydroxylation is 1. The average molecular weight is 387 g/mol. The Morgan fingerprint density at radius 3 is 2.22 bits per heavy atom. The molecule has 6 nitrogen and oxygen atoms in total. The van der Waals surface area contributed by atoms with Crippen LogP contribution in [0.4, 0.5) is 13.2 Å². The Kier molecular flexibility index (Phi) is 5.78. The maximum atomic E-state index is 13.1. The molecule has 27 heavy (non-hydrogen) atoms. The van der Waals surface area contributed by atoms with E-state index in [9.17, 15) is 22.8 Å². The van der Waals surface area contributed by atoms with Crippen molar-refractivity contribution in [1.82, 2.24) is 14.7 Å². The summed E-state index contributed by atoms with van der Waals surface area (Å²) < 4.78 is 43.9. The normalized spacial score (nSPS) is 19.4. The van der Waals surface area contributed by atoms with Gasteiger partial charge in [0, 0.05) is 39.3 Å². The average Bonchev–Trinajstić information content (AvgIpc) is 3.05. The zero-order valence-corrected chi connectivity index (χ0v) is 15.3. The second-order valence-electron chi connectivity index (χ2n) is 7.11. The number of piperidine rings is 1. The molecule has 2 saturated heterocycles. The molecule has 0 unspecified atom stereocenters. The number of furan rings is 1. The Hall–Kier alpha value is -2.03. The number of likely N-dealkylation sites (tertiary alicyclic amines) is 1. The fourth-order valence-electron chi connectivity index (χ4n) is 3.60. The van der Waals surface area contributed by atoms with Crippen molar-refractivity contribution in [1.29, 1.82) is 0 Å². The molecule has 3 rings (SSSR count). The van der Waals surface area contributed by atoms with Crippen molar-refractivity contribution in [3.63, 3.8) is 0 Å². The molecule has 0 aliphatic carbocycles. The van der Waals surface area contributed by atoms with Crippen LogP contribution in [0.2, 0.25) is 0 Å². The van der Waals surface area contributed by atoms with Gasteiger partial charge in [0.15, 0.2) is 0 Å². The van der Waals surface area contributed by atoms with Crippen LogP contribution >= 0.6 is 0 Å². The molecule has 9 heteroatoms. The zero-order valence-electron chi connectivity index (χ0n) is 15.3. The number of alkyl halides is 3. The van der Waals surface area contributed by atoms with Crippen LogP contribution in [-0.2, 0) is 11.0 Å². The first kappa shape index (κ1) is 19.7. The highest BCUT2D eigenvalue weighted by Gasteiger charge is 2.41. The molecule has 0 spiro atoms. The highest BCUT2D eigenvalue weighted by Crippen LogP contribution is 2.34. The van der Waals surface area contributed by atoms with Gasteiger partial charge in [-0.05, 0) is 32.3 Å². The lowest BCUT2D eigenvalue weighted by Crippen LogP contribution is -2.52. The first-order valence-corrected chi connectivity index (χ1v) is 9.23. The fourth-order valence-corrected chi connectivity index (χ4v) is 3.60. The number of hydrogen-bond acceptors (Lipinski definition) is 4. The predicted octanol–water partition coefficient (Wildman–Crippen LogP) is 2.38. The molecule has 0 N–H and O–H groups in total. The van der Waals surface area contributed by atoms with Gasteiger partial charge in [0.25, 0.3) is 5.91 Å². The van der Waals surface area contributed by atoms with Crippen LogP contribution in [0.15, 0.2) is 10.5 Å². The maximum absolute atomic E-state index is 13.1. The van der Waals surface area contributed by atoms with Crippen LogP contribution in [0.1, 0.15) is 41.1 Å². The van der Waals surface area contributed by atoms with Crippen molar-refractivity contribution in [2.24, 2.45) is 0 Å². The molecule has 1 aromatic heterocycles. The Balaban J connectivity index is 1.56. The monoisotopic (exact) mass is 387 g/mol. The van der Waals surface area contributed by atoms with Gasteiger partial charge < -0.3 is 14.2 Å². The van der Waals surface area contributed by atoms with E-state index in [4.69, 9.17) is 4.42 Å². The summed E-state index contributed by atoms with van der Waals surface area (Å²) in [6.07, 6.45) is -1.50. The molecular weight excluding hydrogens is 363 g/mol. The summed E-state index contributed by atoms with van der Waals surface area (Å²) in [7, 11) is 0. The summed E-state index contributed by atoms with van der Waals surface area (Å²) in [5.41, 5.74) is -0.446. The Morgan fingerprint density at radius 1 is 1.00 bits per heavy atom. The molecule has 0 atom stereocenters. The number of amides is 2. The number of carbonyl (C=O) groups excluding carboxylic acids is 2. The molecule has 0 saturated carbocycles. The molecule has 150 valence electrons. The number of nitrogens with zero attached hydrogens (tertiary/aromatic N) is 3. The SMILES string of the molecule is Cc1cc(C(=O)N2CCN(CC(=O)N3CCCCC3)CC2)c(C(F)(F)F)o1. The molecule has 0 aromatic carbocycles. The molecule has 2 fully saturated rings. The number of carbonyl (C=O) groups is 2. The third-order valence-corrected chi connectivity index (χ3v) is 5.07. The van der Waals surface area contributed by atoms with Gasteiger partial charge in [0.1, 0.15) is 5.76 Å². The summed E-state index contributed by atoms with van der Waals surface area (Å²) in [6, 6.07) is 1.14. The van der Waals surface area contributed by atoms with Crippen molar-refractivity contribution in [2.75, 3.05) is 45.8 Å². The van der Waals surface area contributed by atoms with E-state index in [-0.39, 0.29) is 24.8 Å². The molecule has 3 heterocycles. The van der Waals surface area contributed by atoms with Crippen molar-refractivity contribution in [3.05, 3.63) is 23.2 Å². The fraction of sp³-hybridized carbons (Fsp3) is 0.667. The molecule has 2 aliphatic heterocycles. The van der Waals surface area contributed by atoms with Gasteiger partial charge in [0.2, 0.25) is 11.7 Å². The van der Waals surface area contributed by atoms with Crippen molar-refractivity contribution < 1.29 is 27.2 Å². The number of hydrogen-bond donors (Lipinski definition) is 0. The van der Waals surface area contributed by atoms with Gasteiger partial charge in [-0.3, -0.25) is 14.5 Å². The topological polar surface area (TPSA) is 57.0 Å². The van der Waals surface area contributed by atoms with Crippen LogP contribution in [0.25, 0.3) is 0 Å². The summed E-state index contributed by atoms with van der Waals surface area (Å²) in [4.78, 5) is 30.1. The first-order chi connectivity index (χ1) is 12.8. The largest absolute Gasteiger partial charge is 0.456 e. The molecule has 0 bridgehead atoms. The summed E-state index contributed by atoms with van der Waals surface area (Å²) in [5.74, 6) is -1.79. The van der Waals surface area contributed by atoms with Gasteiger partial charge in [0.05, 0.1) is 12.1 Å². The van der Waals surface area contributed by atoms with E-state index in [0.717, 1.165) is 38.4 Å². The van der Waals surface area contributed by atoms with E-state index in [1.54, 1.807) is 0 Å². The maximum Gasteiger partial charge on any atom is 0.450 e. The quantitative estimate of drug-likeness (QED) is 0.799. The second-order valence-corrected chi connectivity index (χ2v) is 7.11. The third kappa shape index (κ3) is 4.63. The minimum absolute atomic E-state index is 0.0523. The van der Waals surface area contributed by atoms with Gasteiger partial charge in [-0.15, -0.1) is 0 Å². The van der Waals surface area contributed by atoms with Gasteiger partial charge in [-0.2, -0.15) is 13.2 Å². The van der Waals surface area contributed by atoms with Crippen molar-refractivity contribution >= 4 is 11.8 Å². The van der Waals surface area contributed by atoms with Gasteiger partial charge in [-0.25, -0.2) is 0 Å². The second kappa shape index (κ2) is 7.92. The van der Waals surface area contributed by atoms with E-state index in [1.807, 2.05) is 9.80 Å². The minimum atomic E-state index is -4.71. The number of rotatable bonds is 3. The van der Waals surface area contributed by atoms with Gasteiger partial charge in [-0.1, -0.05) is 0 Å². The predicted molar refractivity (Wildman–Crippen MR) is 91.2 cm³/mol. The van der Waals surface area contributed by atoms with Gasteiger partial charge >= 0.3 is 6.18 Å². The molecule has 2 amide bonds. The molecule has 1 aromatic rings. The van der Waals surface area contributed by atoms with Crippen LogP contribution in [0, 0.1) is 6.92 Å². The zero-order chi connectivity index (χ0) is 19.6. The highest BCUT2D eigenvalue weighted by atomic mass is 19.4. The Bertz CT molecular complexity index is 688. The van der Waals surface area contributed by atoms with Crippen molar-refractivity contribution in [2.45, 2.75) is 32.4 Å². The molecular formula is C18H24F3N3O3. The summed E-state index contributed by atoms with van der Waals surface area (Å²) in [6.45, 7) is 4.75. The van der Waals surface area contributed by atoms with E-state index < -0.39 is 23.4 Å². The molecule has 0 radical (unpaired) electrons. The van der Waals surface area contributed by atoms with Crippen LogP contribution in [0.5, 0.6) is 0 Å². The Morgan fingerprint density at radius 2 is 1.63 bits per heavy atom. The number of piperazine rings is 1. The van der Waals surface area contributed by atoms with E-state index in [0.29, 0.717) is 19.6 Å². The standard InChI is InChI=1S/C18H24F3N3O3/c1-13-11-14(16(27-13)18(19,20)21)17(26)24-9-7-22(8-10-24)12-15(25)23-5-3-2-4-6-23/h11H,2-10,12H2,1H3. The van der Waals surface area contributed by atoms with E-state index in [2.05, 4.69) is 0 Å². The minimum Gasteiger partial charge on any atom is -0.456 e. The van der Waals surface area contributed by atoms with Crippen molar-refractivity contribution in [3.8, 4) is 0 Å². The van der Waals surface area contributed by atoms with Crippen LogP contribution in [0.3, 0.4) is 0 Å². The number of halogens is 3. The van der Waals surface area contributed by atoms with Crippen LogP contribution < -0.4 is 0 Å². The lowest BCUT2D eigenvalue weighted by molar-refractivity contribution is -0.153. The Labute approximate surface area is 155 Å². The summed E-state index contributed by atoms with van der Waals surface area (Å²) >= 11 is 0. The van der Waals surface area contributed by atoms with E-state index in [1.165, 1.54) is 11.8 Å². The summed E-state index contributed by atoms with van der Waals surface area (Å²) in [5, 5.41) is 0. The molecule has 2 aliphatic rings.